The van der Waals surface area contributed by atoms with Crippen molar-refractivity contribution in [3.05, 3.63) is 70.3 Å². The molecule has 0 saturated carbocycles. The van der Waals surface area contributed by atoms with E-state index in [1.807, 2.05) is 30.3 Å². The number of hydrogen-bond donors (Lipinski definition) is 2. The molecule has 1 atom stereocenters. The first-order valence-electron chi connectivity index (χ1n) is 8.61. The molecule has 0 aliphatic carbocycles. The van der Waals surface area contributed by atoms with E-state index in [9.17, 15) is 4.79 Å². The van der Waals surface area contributed by atoms with E-state index in [1.165, 1.54) is 17.3 Å². The van der Waals surface area contributed by atoms with Crippen molar-refractivity contribution in [2.45, 2.75) is 31.9 Å². The number of nitrogens with one attached hydrogen (secondary N) is 1. The van der Waals surface area contributed by atoms with Crippen molar-refractivity contribution in [1.29, 1.82) is 0 Å². The second-order valence-electron chi connectivity index (χ2n) is 6.17. The zero-order valence-electron chi connectivity index (χ0n) is 14.9. The Labute approximate surface area is 156 Å². The lowest BCUT2D eigenvalue weighted by Gasteiger charge is -2.08. The first-order chi connectivity index (χ1) is 12.6. The van der Waals surface area contributed by atoms with E-state index < -0.39 is 0 Å². The number of H-pyrrole nitrogens is 1. The molecule has 3 aromatic rings. The molecule has 0 saturated heterocycles. The molecule has 0 bridgehead atoms. The SMILES string of the molecule is CC[C@@H](C)c1ccc(N=C(N)SCc2nc3ccccc3c(=O)[nH]2)cc1. The summed E-state index contributed by atoms with van der Waals surface area (Å²) in [7, 11) is 0. The van der Waals surface area contributed by atoms with E-state index in [4.69, 9.17) is 5.73 Å². The van der Waals surface area contributed by atoms with Gasteiger partial charge in [-0.25, -0.2) is 9.98 Å². The van der Waals surface area contributed by atoms with Crippen LogP contribution in [-0.2, 0) is 5.75 Å². The molecule has 6 heteroatoms. The quantitative estimate of drug-likeness (QED) is 0.520. The van der Waals surface area contributed by atoms with Gasteiger partial charge in [-0.05, 0) is 42.2 Å². The van der Waals surface area contributed by atoms with Crippen LogP contribution < -0.4 is 11.3 Å². The van der Waals surface area contributed by atoms with Gasteiger partial charge in [-0.1, -0.05) is 49.9 Å². The molecular weight excluding hydrogens is 344 g/mol. The smallest absolute Gasteiger partial charge is 0.258 e. The molecule has 1 aromatic heterocycles. The summed E-state index contributed by atoms with van der Waals surface area (Å²) in [5.74, 6) is 1.58. The first kappa shape index (κ1) is 18.2. The van der Waals surface area contributed by atoms with Gasteiger partial charge < -0.3 is 10.7 Å². The van der Waals surface area contributed by atoms with Crippen LogP contribution in [0.2, 0.25) is 0 Å². The maximum Gasteiger partial charge on any atom is 0.258 e. The predicted molar refractivity (Wildman–Crippen MR) is 110 cm³/mol. The van der Waals surface area contributed by atoms with Crippen molar-refractivity contribution in [3.8, 4) is 0 Å². The largest absolute Gasteiger partial charge is 0.378 e. The number of aliphatic imine (C=N–C) groups is 1. The van der Waals surface area contributed by atoms with E-state index in [-0.39, 0.29) is 5.56 Å². The highest BCUT2D eigenvalue weighted by molar-refractivity contribution is 8.13. The number of amidine groups is 1. The fraction of sp³-hybridized carbons (Fsp3) is 0.250. The van der Waals surface area contributed by atoms with Crippen molar-refractivity contribution in [2.75, 3.05) is 0 Å². The van der Waals surface area contributed by atoms with E-state index in [0.717, 1.165) is 12.1 Å². The van der Waals surface area contributed by atoms with E-state index in [2.05, 4.69) is 40.9 Å². The van der Waals surface area contributed by atoms with Crippen LogP contribution in [-0.4, -0.2) is 15.1 Å². The van der Waals surface area contributed by atoms with Gasteiger partial charge in [0.25, 0.3) is 5.56 Å². The number of benzene rings is 2. The van der Waals surface area contributed by atoms with Crippen molar-refractivity contribution in [1.82, 2.24) is 9.97 Å². The van der Waals surface area contributed by atoms with Gasteiger partial charge in [0, 0.05) is 0 Å². The normalized spacial score (nSPS) is 13.1. The van der Waals surface area contributed by atoms with Gasteiger partial charge in [-0.2, -0.15) is 0 Å². The van der Waals surface area contributed by atoms with E-state index >= 15 is 0 Å². The Kier molecular flexibility index (Phi) is 5.73. The first-order valence-corrected chi connectivity index (χ1v) is 9.60. The Balaban J connectivity index is 1.69. The summed E-state index contributed by atoms with van der Waals surface area (Å²) in [5, 5.41) is 1.03. The topological polar surface area (TPSA) is 84.1 Å². The summed E-state index contributed by atoms with van der Waals surface area (Å²) in [6.45, 7) is 4.39. The number of rotatable bonds is 5. The number of nitrogens with zero attached hydrogens (tertiary/aromatic N) is 2. The number of para-hydroxylation sites is 1. The minimum Gasteiger partial charge on any atom is -0.378 e. The Morgan fingerprint density at radius 2 is 1.96 bits per heavy atom. The number of hydrogen-bond acceptors (Lipinski definition) is 4. The molecule has 26 heavy (non-hydrogen) atoms. The molecule has 2 aromatic carbocycles. The number of fused-ring (bicyclic) bond motifs is 1. The highest BCUT2D eigenvalue weighted by Gasteiger charge is 2.05. The van der Waals surface area contributed by atoms with Gasteiger partial charge in [0.15, 0.2) is 5.17 Å². The fourth-order valence-corrected chi connectivity index (χ4v) is 3.21. The molecule has 0 aliphatic rings. The Morgan fingerprint density at radius 3 is 2.69 bits per heavy atom. The minimum atomic E-state index is -0.137. The molecule has 0 radical (unpaired) electrons. The molecule has 5 nitrogen and oxygen atoms in total. The number of aromatic amines is 1. The lowest BCUT2D eigenvalue weighted by molar-refractivity contribution is 0.734. The molecule has 0 aliphatic heterocycles. The van der Waals surface area contributed by atoms with Crippen LogP contribution in [0.25, 0.3) is 10.9 Å². The molecule has 3 rings (SSSR count). The summed E-state index contributed by atoms with van der Waals surface area (Å²) in [5.41, 5.74) is 8.69. The van der Waals surface area contributed by atoms with Crippen LogP contribution in [0.1, 0.15) is 37.6 Å². The van der Waals surface area contributed by atoms with Crippen molar-refractivity contribution in [2.24, 2.45) is 10.7 Å². The maximum atomic E-state index is 12.1. The average molecular weight is 366 g/mol. The van der Waals surface area contributed by atoms with E-state index in [1.54, 1.807) is 6.07 Å². The second-order valence-corrected chi connectivity index (χ2v) is 7.16. The third kappa shape index (κ3) is 4.32. The molecule has 0 unspecified atom stereocenters. The molecule has 134 valence electrons. The lowest BCUT2D eigenvalue weighted by Crippen LogP contribution is -2.13. The summed E-state index contributed by atoms with van der Waals surface area (Å²) >= 11 is 1.35. The average Bonchev–Trinajstić information content (AvgIpc) is 2.66. The van der Waals surface area contributed by atoms with Crippen molar-refractivity contribution in [3.63, 3.8) is 0 Å². The third-order valence-electron chi connectivity index (χ3n) is 4.33. The Morgan fingerprint density at radius 1 is 1.23 bits per heavy atom. The molecular formula is C20H22N4OS. The number of thioether (sulfide) groups is 1. The van der Waals surface area contributed by atoms with Gasteiger partial charge in [-0.3, -0.25) is 4.79 Å². The maximum absolute atomic E-state index is 12.1. The fourth-order valence-electron chi connectivity index (χ4n) is 2.62. The highest BCUT2D eigenvalue weighted by atomic mass is 32.2. The zero-order valence-corrected chi connectivity index (χ0v) is 15.7. The summed E-state index contributed by atoms with van der Waals surface area (Å²) in [6.07, 6.45) is 1.11. The van der Waals surface area contributed by atoms with Crippen molar-refractivity contribution >= 4 is 33.5 Å². The van der Waals surface area contributed by atoms with Crippen LogP contribution in [0.3, 0.4) is 0 Å². The van der Waals surface area contributed by atoms with Gasteiger partial charge in [0.1, 0.15) is 5.82 Å². The molecule has 3 N–H and O–H groups in total. The Bertz CT molecular complexity index is 979. The Hall–Kier alpha value is -2.60. The summed E-state index contributed by atoms with van der Waals surface area (Å²) in [6, 6.07) is 15.4. The van der Waals surface area contributed by atoms with Crippen LogP contribution in [0, 0.1) is 0 Å². The molecule has 0 fully saturated rings. The monoisotopic (exact) mass is 366 g/mol. The van der Waals surface area contributed by atoms with Gasteiger partial charge >= 0.3 is 0 Å². The molecule has 0 amide bonds. The summed E-state index contributed by atoms with van der Waals surface area (Å²) in [4.78, 5) is 23.8. The van der Waals surface area contributed by atoms with Gasteiger partial charge in [-0.15, -0.1) is 0 Å². The highest BCUT2D eigenvalue weighted by Crippen LogP contribution is 2.22. The van der Waals surface area contributed by atoms with Gasteiger partial charge in [0.2, 0.25) is 0 Å². The standard InChI is InChI=1S/C20H22N4OS/c1-3-13(2)14-8-10-15(11-9-14)22-20(21)26-12-18-23-17-7-5-4-6-16(17)19(25)24-18/h4-11,13H,3,12H2,1-2H3,(H2,21,22)(H,23,24,25)/t13-/m1/s1. The number of nitrogens with two attached hydrogens (primary N) is 1. The summed E-state index contributed by atoms with van der Waals surface area (Å²) < 4.78 is 0. The minimum absolute atomic E-state index is 0.137. The molecule has 0 spiro atoms. The van der Waals surface area contributed by atoms with Gasteiger partial charge in [0.05, 0.1) is 22.3 Å². The van der Waals surface area contributed by atoms with Crippen LogP contribution in [0.4, 0.5) is 5.69 Å². The number of aromatic nitrogens is 2. The molecule has 1 heterocycles. The van der Waals surface area contributed by atoms with Crippen LogP contribution in [0.5, 0.6) is 0 Å². The van der Waals surface area contributed by atoms with Crippen LogP contribution >= 0.6 is 11.8 Å². The van der Waals surface area contributed by atoms with Crippen molar-refractivity contribution < 1.29 is 0 Å². The predicted octanol–water partition coefficient (Wildman–Crippen LogP) is 4.32. The van der Waals surface area contributed by atoms with Crippen LogP contribution in [0.15, 0.2) is 58.3 Å². The van der Waals surface area contributed by atoms with E-state index in [0.29, 0.717) is 33.6 Å². The second kappa shape index (κ2) is 8.19. The zero-order chi connectivity index (χ0) is 18.5. The lowest BCUT2D eigenvalue weighted by atomic mass is 9.99. The third-order valence-corrected chi connectivity index (χ3v) is 5.14.